The van der Waals surface area contributed by atoms with Crippen molar-refractivity contribution in [2.45, 2.75) is 24.6 Å². The zero-order valence-corrected chi connectivity index (χ0v) is 8.67. The maximum atomic E-state index is 5.99. The minimum atomic E-state index is 0.0789. The number of alkyl halides is 1. The van der Waals surface area contributed by atoms with Gasteiger partial charge in [0.25, 0.3) is 0 Å². The Morgan fingerprint density at radius 1 is 1.38 bits per heavy atom. The molecule has 1 aromatic carbocycles. The fraction of sp³-hybridized carbons (Fsp3) is 0.333. The van der Waals surface area contributed by atoms with Crippen LogP contribution in [0.1, 0.15) is 24.8 Å². The van der Waals surface area contributed by atoms with Crippen LogP contribution >= 0.6 is 11.6 Å². The van der Waals surface area contributed by atoms with Crippen LogP contribution < -0.4 is 0 Å². The molecule has 0 spiro atoms. The zero-order chi connectivity index (χ0) is 9.68. The van der Waals surface area contributed by atoms with Crippen molar-refractivity contribution in [1.82, 2.24) is 0 Å². The van der Waals surface area contributed by atoms with Crippen LogP contribution in [0.2, 0.25) is 0 Å². The Bertz CT molecular complexity index is 253. The van der Waals surface area contributed by atoms with Crippen molar-refractivity contribution in [1.29, 1.82) is 0 Å². The van der Waals surface area contributed by atoms with E-state index in [2.05, 4.69) is 37.8 Å². The second-order valence-electron chi connectivity index (χ2n) is 3.30. The summed E-state index contributed by atoms with van der Waals surface area (Å²) in [5.41, 5.74) is 1.34. The quantitative estimate of drug-likeness (QED) is 0.503. The third kappa shape index (κ3) is 3.23. The van der Waals surface area contributed by atoms with Crippen LogP contribution in [0.5, 0.6) is 0 Å². The predicted molar refractivity (Wildman–Crippen MR) is 59.3 cm³/mol. The van der Waals surface area contributed by atoms with E-state index in [0.29, 0.717) is 5.92 Å². The molecule has 0 heterocycles. The molecule has 2 atom stereocenters. The lowest BCUT2D eigenvalue weighted by atomic mass is 9.96. The lowest BCUT2D eigenvalue weighted by molar-refractivity contribution is 0.696. The average molecular weight is 195 g/mol. The molecule has 1 rings (SSSR count). The zero-order valence-electron chi connectivity index (χ0n) is 7.91. The Morgan fingerprint density at radius 3 is 2.54 bits per heavy atom. The SMILES string of the molecule is C=CC(Cl)CC(C)c1ccccc1. The van der Waals surface area contributed by atoms with E-state index >= 15 is 0 Å². The van der Waals surface area contributed by atoms with E-state index in [4.69, 9.17) is 11.6 Å². The first-order valence-electron chi connectivity index (χ1n) is 4.55. The van der Waals surface area contributed by atoms with Gasteiger partial charge in [0.15, 0.2) is 0 Å². The van der Waals surface area contributed by atoms with Gasteiger partial charge in [-0.2, -0.15) is 0 Å². The summed E-state index contributed by atoms with van der Waals surface area (Å²) in [7, 11) is 0. The van der Waals surface area contributed by atoms with Crippen LogP contribution in [0.15, 0.2) is 43.0 Å². The van der Waals surface area contributed by atoms with Crippen LogP contribution in [0, 0.1) is 0 Å². The van der Waals surface area contributed by atoms with E-state index in [9.17, 15) is 0 Å². The Kier molecular flexibility index (Phi) is 4.04. The molecule has 0 aliphatic heterocycles. The molecule has 0 bridgehead atoms. The van der Waals surface area contributed by atoms with Gasteiger partial charge in [-0.25, -0.2) is 0 Å². The van der Waals surface area contributed by atoms with Crippen molar-refractivity contribution in [3.05, 3.63) is 48.6 Å². The summed E-state index contributed by atoms with van der Waals surface area (Å²) in [6, 6.07) is 10.4. The molecule has 2 unspecified atom stereocenters. The van der Waals surface area contributed by atoms with Gasteiger partial charge < -0.3 is 0 Å². The summed E-state index contributed by atoms with van der Waals surface area (Å²) >= 11 is 5.99. The molecule has 0 saturated heterocycles. The molecule has 0 radical (unpaired) electrons. The normalized spacial score (nSPS) is 14.9. The molecule has 0 saturated carbocycles. The second kappa shape index (κ2) is 5.08. The summed E-state index contributed by atoms with van der Waals surface area (Å²) in [6.07, 6.45) is 2.75. The van der Waals surface area contributed by atoms with Gasteiger partial charge in [-0.3, -0.25) is 0 Å². The van der Waals surface area contributed by atoms with Crippen LogP contribution in [-0.4, -0.2) is 5.38 Å². The molecule has 1 aromatic rings. The summed E-state index contributed by atoms with van der Waals surface area (Å²) in [4.78, 5) is 0. The van der Waals surface area contributed by atoms with Crippen LogP contribution in [-0.2, 0) is 0 Å². The Labute approximate surface area is 85.2 Å². The number of benzene rings is 1. The molecule has 0 nitrogen and oxygen atoms in total. The van der Waals surface area contributed by atoms with Gasteiger partial charge in [-0.15, -0.1) is 18.2 Å². The number of allylic oxidation sites excluding steroid dienone is 1. The molecule has 70 valence electrons. The molecular formula is C12H15Cl. The van der Waals surface area contributed by atoms with Gasteiger partial charge in [0.05, 0.1) is 5.38 Å². The fourth-order valence-corrected chi connectivity index (χ4v) is 1.62. The van der Waals surface area contributed by atoms with Crippen molar-refractivity contribution < 1.29 is 0 Å². The molecule has 0 aliphatic carbocycles. The van der Waals surface area contributed by atoms with Gasteiger partial charge in [-0.05, 0) is 17.9 Å². The number of hydrogen-bond acceptors (Lipinski definition) is 0. The highest BCUT2D eigenvalue weighted by Gasteiger charge is 2.08. The van der Waals surface area contributed by atoms with Gasteiger partial charge >= 0.3 is 0 Å². The monoisotopic (exact) mass is 194 g/mol. The van der Waals surface area contributed by atoms with E-state index in [-0.39, 0.29) is 5.38 Å². The van der Waals surface area contributed by atoms with Crippen molar-refractivity contribution in [3.8, 4) is 0 Å². The second-order valence-corrected chi connectivity index (χ2v) is 3.86. The van der Waals surface area contributed by atoms with E-state index < -0.39 is 0 Å². The molecule has 0 fully saturated rings. The van der Waals surface area contributed by atoms with E-state index in [1.807, 2.05) is 6.07 Å². The van der Waals surface area contributed by atoms with Crippen molar-refractivity contribution in [3.63, 3.8) is 0 Å². The minimum Gasteiger partial charge on any atom is -0.118 e. The van der Waals surface area contributed by atoms with E-state index in [1.165, 1.54) is 5.56 Å². The van der Waals surface area contributed by atoms with Gasteiger partial charge in [-0.1, -0.05) is 43.3 Å². The molecule has 1 heteroatoms. The summed E-state index contributed by atoms with van der Waals surface area (Å²) in [5.74, 6) is 0.502. The first-order chi connectivity index (χ1) is 6.24. The summed E-state index contributed by atoms with van der Waals surface area (Å²) < 4.78 is 0. The highest BCUT2D eigenvalue weighted by atomic mass is 35.5. The molecule has 0 aliphatic rings. The smallest absolute Gasteiger partial charge is 0.0519 e. The summed E-state index contributed by atoms with van der Waals surface area (Å²) in [6.45, 7) is 5.86. The Hall–Kier alpha value is -0.750. The topological polar surface area (TPSA) is 0 Å². The van der Waals surface area contributed by atoms with Gasteiger partial charge in [0, 0.05) is 0 Å². The van der Waals surface area contributed by atoms with Crippen molar-refractivity contribution in [2.75, 3.05) is 0 Å². The van der Waals surface area contributed by atoms with Crippen LogP contribution in [0.25, 0.3) is 0 Å². The van der Waals surface area contributed by atoms with Crippen molar-refractivity contribution >= 4 is 11.6 Å². The lowest BCUT2D eigenvalue weighted by Crippen LogP contribution is -2.01. The Morgan fingerprint density at radius 2 is 2.00 bits per heavy atom. The van der Waals surface area contributed by atoms with E-state index in [1.54, 1.807) is 6.08 Å². The standard InChI is InChI=1S/C12H15Cl/c1-3-12(13)9-10(2)11-7-5-4-6-8-11/h3-8,10,12H,1,9H2,2H3. The predicted octanol–water partition coefficient (Wildman–Crippen LogP) is 3.97. The van der Waals surface area contributed by atoms with E-state index in [0.717, 1.165) is 6.42 Å². The molecular weight excluding hydrogens is 180 g/mol. The first-order valence-corrected chi connectivity index (χ1v) is 4.99. The lowest BCUT2D eigenvalue weighted by Gasteiger charge is -2.13. The number of halogens is 1. The average Bonchev–Trinajstić information content (AvgIpc) is 2.19. The largest absolute Gasteiger partial charge is 0.118 e. The highest BCUT2D eigenvalue weighted by Crippen LogP contribution is 2.22. The number of rotatable bonds is 4. The van der Waals surface area contributed by atoms with Crippen molar-refractivity contribution in [2.24, 2.45) is 0 Å². The number of hydrogen-bond donors (Lipinski definition) is 0. The van der Waals surface area contributed by atoms with Gasteiger partial charge in [0.1, 0.15) is 0 Å². The van der Waals surface area contributed by atoms with Crippen LogP contribution in [0.4, 0.5) is 0 Å². The van der Waals surface area contributed by atoms with Crippen LogP contribution in [0.3, 0.4) is 0 Å². The molecule has 13 heavy (non-hydrogen) atoms. The van der Waals surface area contributed by atoms with Gasteiger partial charge in [0.2, 0.25) is 0 Å². The maximum absolute atomic E-state index is 5.99. The third-order valence-electron chi connectivity index (χ3n) is 2.20. The first kappa shape index (κ1) is 10.3. The maximum Gasteiger partial charge on any atom is 0.0519 e. The third-order valence-corrected chi connectivity index (χ3v) is 2.56. The molecule has 0 N–H and O–H groups in total. The Balaban J connectivity index is 2.58. The molecule has 0 amide bonds. The fourth-order valence-electron chi connectivity index (χ4n) is 1.35. The highest BCUT2D eigenvalue weighted by molar-refractivity contribution is 6.21. The molecule has 0 aromatic heterocycles. The minimum absolute atomic E-state index is 0.0789. The summed E-state index contributed by atoms with van der Waals surface area (Å²) in [5, 5.41) is 0.0789.